The molecular weight excluding hydrogens is 298 g/mol. The molecule has 1 unspecified atom stereocenters. The second-order valence-electron chi connectivity index (χ2n) is 6.69. The number of ether oxygens (including phenoxy) is 1. The van der Waals surface area contributed by atoms with Crippen molar-refractivity contribution < 1.29 is 4.74 Å². The Balaban J connectivity index is 2.06. The highest BCUT2D eigenvalue weighted by atomic mass is 16.5. The van der Waals surface area contributed by atoms with E-state index in [2.05, 4.69) is 66.7 Å². The Morgan fingerprint density at radius 3 is 2.38 bits per heavy atom. The number of likely N-dealkylation sites (N-methyl/N-ethyl adjacent to an activating group) is 1. The fraction of sp³-hybridized carbons (Fsp3) is 0.700. The first-order valence-electron chi connectivity index (χ1n) is 9.50. The largest absolute Gasteiger partial charge is 0.366 e. The van der Waals surface area contributed by atoms with Crippen LogP contribution < -0.4 is 0 Å². The van der Waals surface area contributed by atoms with Crippen molar-refractivity contribution in [1.82, 2.24) is 14.7 Å². The van der Waals surface area contributed by atoms with E-state index in [0.29, 0.717) is 6.04 Å². The summed E-state index contributed by atoms with van der Waals surface area (Å²) < 4.78 is 5.57. The molecule has 4 nitrogen and oxygen atoms in total. The lowest BCUT2D eigenvalue weighted by atomic mass is 10.0. The summed E-state index contributed by atoms with van der Waals surface area (Å²) in [5.41, 5.74) is 2.81. The SMILES string of the molecule is CCOCN1CCN(C(CN(CC)CC)c2cccc(C)c2)CC1. The molecule has 2 rings (SSSR count). The van der Waals surface area contributed by atoms with Gasteiger partial charge in [0.2, 0.25) is 0 Å². The Kier molecular flexibility index (Phi) is 8.19. The van der Waals surface area contributed by atoms with E-state index in [-0.39, 0.29) is 0 Å². The van der Waals surface area contributed by atoms with Crippen LogP contribution in [0.15, 0.2) is 24.3 Å². The van der Waals surface area contributed by atoms with Crippen LogP contribution in [0.3, 0.4) is 0 Å². The van der Waals surface area contributed by atoms with Gasteiger partial charge in [0, 0.05) is 45.4 Å². The summed E-state index contributed by atoms with van der Waals surface area (Å²) in [6.45, 7) is 18.1. The maximum Gasteiger partial charge on any atom is 0.0990 e. The highest BCUT2D eigenvalue weighted by Crippen LogP contribution is 2.24. The van der Waals surface area contributed by atoms with E-state index < -0.39 is 0 Å². The molecule has 0 amide bonds. The van der Waals surface area contributed by atoms with Gasteiger partial charge in [-0.25, -0.2) is 0 Å². The third-order valence-corrected chi connectivity index (χ3v) is 5.08. The summed E-state index contributed by atoms with van der Waals surface area (Å²) in [6.07, 6.45) is 0. The lowest BCUT2D eigenvalue weighted by molar-refractivity contribution is -0.00503. The second-order valence-corrected chi connectivity index (χ2v) is 6.69. The van der Waals surface area contributed by atoms with Crippen molar-refractivity contribution >= 4 is 0 Å². The molecule has 1 saturated heterocycles. The summed E-state index contributed by atoms with van der Waals surface area (Å²) >= 11 is 0. The molecule has 136 valence electrons. The van der Waals surface area contributed by atoms with E-state index in [1.54, 1.807) is 0 Å². The van der Waals surface area contributed by atoms with Crippen LogP contribution in [0, 0.1) is 6.92 Å². The normalized spacial score (nSPS) is 18.2. The number of hydrogen-bond donors (Lipinski definition) is 0. The topological polar surface area (TPSA) is 19.0 Å². The van der Waals surface area contributed by atoms with Crippen LogP contribution in [0.4, 0.5) is 0 Å². The molecule has 0 spiro atoms. The molecule has 1 fully saturated rings. The third-order valence-electron chi connectivity index (χ3n) is 5.08. The van der Waals surface area contributed by atoms with Gasteiger partial charge in [0.05, 0.1) is 6.73 Å². The summed E-state index contributed by atoms with van der Waals surface area (Å²) in [5, 5.41) is 0. The number of aryl methyl sites for hydroxylation is 1. The van der Waals surface area contributed by atoms with E-state index in [0.717, 1.165) is 59.2 Å². The van der Waals surface area contributed by atoms with E-state index in [1.165, 1.54) is 11.1 Å². The average molecular weight is 334 g/mol. The quantitative estimate of drug-likeness (QED) is 0.691. The minimum absolute atomic E-state index is 0.485. The van der Waals surface area contributed by atoms with Crippen molar-refractivity contribution in [2.75, 3.05) is 59.2 Å². The number of piperazine rings is 1. The monoisotopic (exact) mass is 333 g/mol. The smallest absolute Gasteiger partial charge is 0.0990 e. The molecule has 24 heavy (non-hydrogen) atoms. The number of hydrogen-bond acceptors (Lipinski definition) is 4. The fourth-order valence-corrected chi connectivity index (χ4v) is 3.46. The van der Waals surface area contributed by atoms with Gasteiger partial charge in [-0.15, -0.1) is 0 Å². The molecule has 0 N–H and O–H groups in total. The zero-order chi connectivity index (χ0) is 17.4. The van der Waals surface area contributed by atoms with Gasteiger partial charge in [-0.3, -0.25) is 9.80 Å². The maximum atomic E-state index is 5.57. The van der Waals surface area contributed by atoms with Crippen LogP contribution in [-0.4, -0.2) is 73.9 Å². The number of benzene rings is 1. The van der Waals surface area contributed by atoms with Crippen LogP contribution >= 0.6 is 0 Å². The lowest BCUT2D eigenvalue weighted by Gasteiger charge is -2.41. The van der Waals surface area contributed by atoms with Crippen molar-refractivity contribution in [2.24, 2.45) is 0 Å². The Morgan fingerprint density at radius 2 is 1.79 bits per heavy atom. The second kappa shape index (κ2) is 10.1. The zero-order valence-electron chi connectivity index (χ0n) is 16.0. The summed E-state index contributed by atoms with van der Waals surface area (Å²) in [4.78, 5) is 7.62. The van der Waals surface area contributed by atoms with Gasteiger partial charge < -0.3 is 9.64 Å². The minimum Gasteiger partial charge on any atom is -0.366 e. The van der Waals surface area contributed by atoms with Crippen molar-refractivity contribution in [1.29, 1.82) is 0 Å². The molecule has 0 saturated carbocycles. The van der Waals surface area contributed by atoms with E-state index in [1.807, 2.05) is 0 Å². The molecular formula is C20H35N3O. The summed E-state index contributed by atoms with van der Waals surface area (Å²) in [7, 11) is 0. The molecule has 0 radical (unpaired) electrons. The van der Waals surface area contributed by atoms with Gasteiger partial charge in [0.25, 0.3) is 0 Å². The summed E-state index contributed by atoms with van der Waals surface area (Å²) in [6, 6.07) is 9.54. The van der Waals surface area contributed by atoms with Gasteiger partial charge in [-0.2, -0.15) is 0 Å². The van der Waals surface area contributed by atoms with Crippen LogP contribution in [0.25, 0.3) is 0 Å². The first kappa shape index (κ1) is 19.4. The van der Waals surface area contributed by atoms with Crippen LogP contribution in [0.5, 0.6) is 0 Å². The predicted octanol–water partition coefficient (Wildman–Crippen LogP) is 2.99. The molecule has 1 aliphatic rings. The molecule has 0 bridgehead atoms. The van der Waals surface area contributed by atoms with Crippen LogP contribution in [0.2, 0.25) is 0 Å². The molecule has 4 heteroatoms. The van der Waals surface area contributed by atoms with Crippen molar-refractivity contribution in [3.05, 3.63) is 35.4 Å². The highest BCUT2D eigenvalue weighted by molar-refractivity contribution is 5.25. The van der Waals surface area contributed by atoms with Crippen LogP contribution in [0.1, 0.15) is 37.9 Å². The third kappa shape index (κ3) is 5.55. The van der Waals surface area contributed by atoms with E-state index in [9.17, 15) is 0 Å². The van der Waals surface area contributed by atoms with Gasteiger partial charge in [-0.05, 0) is 32.5 Å². The molecule has 1 atom stereocenters. The van der Waals surface area contributed by atoms with Crippen molar-refractivity contribution in [3.63, 3.8) is 0 Å². The molecule has 1 aromatic carbocycles. The lowest BCUT2D eigenvalue weighted by Crippen LogP contribution is -2.50. The van der Waals surface area contributed by atoms with Gasteiger partial charge in [0.1, 0.15) is 0 Å². The fourth-order valence-electron chi connectivity index (χ4n) is 3.46. The Hall–Kier alpha value is -0.940. The molecule has 0 aliphatic carbocycles. The van der Waals surface area contributed by atoms with Gasteiger partial charge in [-0.1, -0.05) is 43.7 Å². The predicted molar refractivity (Wildman–Crippen MR) is 101 cm³/mol. The number of rotatable bonds is 9. The van der Waals surface area contributed by atoms with E-state index in [4.69, 9.17) is 4.74 Å². The minimum atomic E-state index is 0.485. The first-order chi connectivity index (χ1) is 11.7. The molecule has 1 heterocycles. The Bertz CT molecular complexity index is 468. The maximum absolute atomic E-state index is 5.57. The van der Waals surface area contributed by atoms with Crippen LogP contribution in [-0.2, 0) is 4.74 Å². The molecule has 0 aromatic heterocycles. The van der Waals surface area contributed by atoms with E-state index >= 15 is 0 Å². The zero-order valence-corrected chi connectivity index (χ0v) is 16.0. The average Bonchev–Trinajstić information content (AvgIpc) is 2.62. The summed E-state index contributed by atoms with van der Waals surface area (Å²) in [5.74, 6) is 0. The molecule has 1 aliphatic heterocycles. The Labute approximate surface area is 148 Å². The van der Waals surface area contributed by atoms with Crippen molar-refractivity contribution in [2.45, 2.75) is 33.7 Å². The van der Waals surface area contributed by atoms with Gasteiger partial charge >= 0.3 is 0 Å². The van der Waals surface area contributed by atoms with Gasteiger partial charge in [0.15, 0.2) is 0 Å². The Morgan fingerprint density at radius 1 is 1.08 bits per heavy atom. The highest BCUT2D eigenvalue weighted by Gasteiger charge is 2.26. The first-order valence-corrected chi connectivity index (χ1v) is 9.50. The van der Waals surface area contributed by atoms with Crippen molar-refractivity contribution in [3.8, 4) is 0 Å². The standard InChI is InChI=1S/C20H35N3O/c1-5-21(6-2)16-20(19-10-8-9-18(4)15-19)23-13-11-22(12-14-23)17-24-7-3/h8-10,15,20H,5-7,11-14,16-17H2,1-4H3. The molecule has 1 aromatic rings. The number of nitrogens with zero attached hydrogens (tertiary/aromatic N) is 3.